The van der Waals surface area contributed by atoms with E-state index in [1.807, 2.05) is 0 Å². The second-order valence-corrected chi connectivity index (χ2v) is 3.69. The quantitative estimate of drug-likeness (QED) is 0.816. The summed E-state index contributed by atoms with van der Waals surface area (Å²) in [6, 6.07) is 5.11. The molecule has 1 heterocycles. The van der Waals surface area contributed by atoms with Crippen molar-refractivity contribution in [3.05, 3.63) is 18.2 Å². The molecule has 0 atom stereocenters. The van der Waals surface area contributed by atoms with Gasteiger partial charge in [-0.05, 0) is 12.1 Å². The van der Waals surface area contributed by atoms with Crippen LogP contribution in [0.4, 0.5) is 5.69 Å². The Bertz CT molecular complexity index is 472. The molecule has 0 bridgehead atoms. The first-order chi connectivity index (χ1) is 8.69. The van der Waals surface area contributed by atoms with Crippen molar-refractivity contribution in [2.45, 2.75) is 12.8 Å². The maximum atomic E-state index is 11.5. The van der Waals surface area contributed by atoms with Crippen LogP contribution in [0.2, 0.25) is 0 Å². The average molecular weight is 251 g/mol. The van der Waals surface area contributed by atoms with Gasteiger partial charge in [0.25, 0.3) is 0 Å². The van der Waals surface area contributed by atoms with Crippen LogP contribution in [0.5, 0.6) is 11.5 Å². The molecule has 0 spiro atoms. The van der Waals surface area contributed by atoms with Crippen molar-refractivity contribution < 1.29 is 23.8 Å². The molecular formula is C12H13NO5. The van der Waals surface area contributed by atoms with Gasteiger partial charge in [-0.3, -0.25) is 9.59 Å². The summed E-state index contributed by atoms with van der Waals surface area (Å²) < 4.78 is 14.8. The fourth-order valence-electron chi connectivity index (χ4n) is 1.52. The van der Waals surface area contributed by atoms with E-state index in [1.165, 1.54) is 7.11 Å². The highest BCUT2D eigenvalue weighted by Gasteiger charge is 2.14. The molecule has 1 aliphatic rings. The second kappa shape index (κ2) is 5.39. The minimum atomic E-state index is -0.407. The molecule has 1 aromatic rings. The van der Waals surface area contributed by atoms with E-state index in [-0.39, 0.29) is 25.5 Å². The Hall–Kier alpha value is -2.24. The predicted octanol–water partition coefficient (Wildman–Crippen LogP) is 1.31. The Morgan fingerprint density at radius 2 is 2.06 bits per heavy atom. The lowest BCUT2D eigenvalue weighted by molar-refractivity contribution is -0.141. The van der Waals surface area contributed by atoms with Crippen molar-refractivity contribution in [2.24, 2.45) is 0 Å². The number of rotatable bonds is 4. The van der Waals surface area contributed by atoms with Crippen molar-refractivity contribution >= 4 is 17.6 Å². The smallest absolute Gasteiger partial charge is 0.306 e. The van der Waals surface area contributed by atoms with Crippen LogP contribution in [0.3, 0.4) is 0 Å². The molecule has 96 valence electrons. The summed E-state index contributed by atoms with van der Waals surface area (Å²) in [7, 11) is 1.29. The lowest BCUT2D eigenvalue weighted by atomic mass is 10.2. The van der Waals surface area contributed by atoms with Gasteiger partial charge in [0.15, 0.2) is 11.5 Å². The lowest BCUT2D eigenvalue weighted by Crippen LogP contribution is -2.13. The molecule has 1 amide bonds. The third-order valence-corrected chi connectivity index (χ3v) is 2.44. The zero-order chi connectivity index (χ0) is 13.0. The number of esters is 1. The number of hydrogen-bond acceptors (Lipinski definition) is 5. The van der Waals surface area contributed by atoms with Gasteiger partial charge >= 0.3 is 5.97 Å². The van der Waals surface area contributed by atoms with Crippen LogP contribution in [-0.2, 0) is 14.3 Å². The summed E-state index contributed by atoms with van der Waals surface area (Å²) >= 11 is 0. The van der Waals surface area contributed by atoms with E-state index < -0.39 is 5.97 Å². The van der Waals surface area contributed by atoms with Crippen LogP contribution >= 0.6 is 0 Å². The largest absolute Gasteiger partial charge is 0.469 e. The predicted molar refractivity (Wildman–Crippen MR) is 62.4 cm³/mol. The SMILES string of the molecule is COC(=O)CCC(=O)Nc1ccc2c(c1)OCO2. The Morgan fingerprint density at radius 3 is 2.83 bits per heavy atom. The van der Waals surface area contributed by atoms with Crippen molar-refractivity contribution in [2.75, 3.05) is 19.2 Å². The molecule has 0 unspecified atom stereocenters. The lowest BCUT2D eigenvalue weighted by Gasteiger charge is -2.05. The van der Waals surface area contributed by atoms with Crippen LogP contribution in [0.25, 0.3) is 0 Å². The molecule has 0 saturated heterocycles. The van der Waals surface area contributed by atoms with Gasteiger partial charge in [0.2, 0.25) is 12.7 Å². The van der Waals surface area contributed by atoms with Gasteiger partial charge in [-0.25, -0.2) is 0 Å². The Morgan fingerprint density at radius 1 is 1.28 bits per heavy atom. The van der Waals surface area contributed by atoms with E-state index >= 15 is 0 Å². The van der Waals surface area contributed by atoms with E-state index in [1.54, 1.807) is 18.2 Å². The Balaban J connectivity index is 1.89. The minimum absolute atomic E-state index is 0.0624. The zero-order valence-corrected chi connectivity index (χ0v) is 9.89. The fraction of sp³-hybridized carbons (Fsp3) is 0.333. The number of carbonyl (C=O) groups is 2. The normalized spacial score (nSPS) is 12.1. The first-order valence-corrected chi connectivity index (χ1v) is 5.45. The van der Waals surface area contributed by atoms with Gasteiger partial charge in [-0.15, -0.1) is 0 Å². The molecule has 18 heavy (non-hydrogen) atoms. The van der Waals surface area contributed by atoms with Gasteiger partial charge in [0.05, 0.1) is 13.5 Å². The highest BCUT2D eigenvalue weighted by Crippen LogP contribution is 2.34. The topological polar surface area (TPSA) is 73.9 Å². The number of hydrogen-bond donors (Lipinski definition) is 1. The highest BCUT2D eigenvalue weighted by atomic mass is 16.7. The maximum absolute atomic E-state index is 11.5. The summed E-state index contributed by atoms with van der Waals surface area (Å²) in [5.41, 5.74) is 0.606. The number of benzene rings is 1. The van der Waals surface area contributed by atoms with Crippen molar-refractivity contribution in [3.8, 4) is 11.5 Å². The molecule has 2 rings (SSSR count). The summed E-state index contributed by atoms with van der Waals surface area (Å²) in [5.74, 6) is 0.596. The molecule has 6 nitrogen and oxygen atoms in total. The van der Waals surface area contributed by atoms with E-state index in [2.05, 4.69) is 10.1 Å². The summed E-state index contributed by atoms with van der Waals surface area (Å²) in [6.07, 6.45) is 0.147. The molecule has 1 N–H and O–H groups in total. The number of nitrogens with one attached hydrogen (secondary N) is 1. The third-order valence-electron chi connectivity index (χ3n) is 2.44. The molecular weight excluding hydrogens is 238 g/mol. The molecule has 0 aromatic heterocycles. The van der Waals surface area contributed by atoms with Gasteiger partial charge in [0.1, 0.15) is 0 Å². The molecule has 1 aliphatic heterocycles. The van der Waals surface area contributed by atoms with E-state index in [0.29, 0.717) is 17.2 Å². The molecule has 0 aliphatic carbocycles. The first kappa shape index (κ1) is 12.2. The number of methoxy groups -OCH3 is 1. The van der Waals surface area contributed by atoms with E-state index in [9.17, 15) is 9.59 Å². The number of ether oxygens (including phenoxy) is 3. The van der Waals surface area contributed by atoms with Crippen LogP contribution in [0.1, 0.15) is 12.8 Å². The zero-order valence-electron chi connectivity index (χ0n) is 9.89. The van der Waals surface area contributed by atoms with E-state index in [4.69, 9.17) is 9.47 Å². The van der Waals surface area contributed by atoms with Crippen LogP contribution < -0.4 is 14.8 Å². The molecule has 0 fully saturated rings. The summed E-state index contributed by atoms with van der Waals surface area (Å²) in [4.78, 5) is 22.4. The van der Waals surface area contributed by atoms with Crippen LogP contribution in [0, 0.1) is 0 Å². The van der Waals surface area contributed by atoms with Crippen LogP contribution in [-0.4, -0.2) is 25.8 Å². The number of anilines is 1. The molecule has 6 heteroatoms. The molecule has 0 saturated carbocycles. The number of fused-ring (bicyclic) bond motifs is 1. The number of amides is 1. The molecule has 1 aromatic carbocycles. The Labute approximate surface area is 104 Å². The summed E-state index contributed by atoms with van der Waals surface area (Å²) in [6.45, 7) is 0.190. The standard InChI is InChI=1S/C12H13NO5/c1-16-12(15)5-4-11(14)13-8-2-3-9-10(6-8)18-7-17-9/h2-3,6H,4-5,7H2,1H3,(H,13,14). The van der Waals surface area contributed by atoms with Crippen LogP contribution in [0.15, 0.2) is 18.2 Å². The second-order valence-electron chi connectivity index (χ2n) is 3.69. The summed E-state index contributed by atoms with van der Waals surface area (Å²) in [5, 5.41) is 2.67. The Kier molecular flexibility index (Phi) is 3.66. The molecule has 0 radical (unpaired) electrons. The van der Waals surface area contributed by atoms with Gasteiger partial charge in [-0.2, -0.15) is 0 Å². The average Bonchev–Trinajstić information content (AvgIpc) is 2.83. The van der Waals surface area contributed by atoms with Gasteiger partial charge in [0, 0.05) is 18.2 Å². The van der Waals surface area contributed by atoms with Crippen molar-refractivity contribution in [1.82, 2.24) is 0 Å². The van der Waals surface area contributed by atoms with Crippen molar-refractivity contribution in [3.63, 3.8) is 0 Å². The third kappa shape index (κ3) is 2.91. The van der Waals surface area contributed by atoms with Gasteiger partial charge in [-0.1, -0.05) is 0 Å². The van der Waals surface area contributed by atoms with Crippen molar-refractivity contribution in [1.29, 1.82) is 0 Å². The van der Waals surface area contributed by atoms with E-state index in [0.717, 1.165) is 0 Å². The number of carbonyl (C=O) groups excluding carboxylic acids is 2. The minimum Gasteiger partial charge on any atom is -0.469 e. The maximum Gasteiger partial charge on any atom is 0.306 e. The highest BCUT2D eigenvalue weighted by molar-refractivity contribution is 5.92. The monoisotopic (exact) mass is 251 g/mol. The van der Waals surface area contributed by atoms with Gasteiger partial charge < -0.3 is 19.5 Å². The first-order valence-electron chi connectivity index (χ1n) is 5.45. The fourth-order valence-corrected chi connectivity index (χ4v) is 1.52.